The maximum Gasteiger partial charge on any atom is 0.155 e. The van der Waals surface area contributed by atoms with Gasteiger partial charge < -0.3 is 28.5 Å². The summed E-state index contributed by atoms with van der Waals surface area (Å²) in [6.45, 7) is 2.18. The average molecular weight is 338 g/mol. The highest BCUT2D eigenvalue weighted by Crippen LogP contribution is 2.59. The second kappa shape index (κ2) is 5.87. The summed E-state index contributed by atoms with van der Waals surface area (Å²) < 4.78 is 24.7. The summed E-state index contributed by atoms with van der Waals surface area (Å²) in [5, 5.41) is 0. The third kappa shape index (κ3) is 1.86. The second-order valence-electron chi connectivity index (χ2n) is 7.48. The molecule has 0 unspecified atom stereocenters. The minimum atomic E-state index is -1.05. The molecule has 6 heteroatoms. The Balaban J connectivity index is 1.89. The monoisotopic (exact) mass is 338 g/mol. The van der Waals surface area contributed by atoms with Crippen LogP contribution < -0.4 is 0 Å². The van der Waals surface area contributed by atoms with Crippen LogP contribution in [0.5, 0.6) is 0 Å². The third-order valence-electron chi connectivity index (χ3n) is 6.55. The molecule has 0 N–H and O–H groups in total. The van der Waals surface area contributed by atoms with Crippen LogP contribution >= 0.6 is 0 Å². The lowest BCUT2D eigenvalue weighted by atomic mass is 9.60. The molecule has 4 heterocycles. The highest BCUT2D eigenvalue weighted by atomic mass is 16.6. The molecule has 0 aromatic heterocycles. The average Bonchev–Trinajstić information content (AvgIpc) is 3.42. The Morgan fingerprint density at radius 1 is 0.542 bits per heavy atom. The van der Waals surface area contributed by atoms with Crippen LogP contribution in [-0.2, 0) is 28.5 Å². The van der Waals surface area contributed by atoms with Crippen molar-refractivity contribution in [2.45, 2.75) is 73.8 Å². The van der Waals surface area contributed by atoms with E-state index in [0.717, 1.165) is 38.3 Å². The van der Waals surface area contributed by atoms with Crippen LogP contribution in [0, 0.1) is 0 Å². The maximum atomic E-state index is 12.2. The summed E-state index contributed by atoms with van der Waals surface area (Å²) in [4.78, 5) is 24.5. The van der Waals surface area contributed by atoms with Crippen LogP contribution in [0.4, 0.5) is 0 Å². The van der Waals surface area contributed by atoms with Crippen molar-refractivity contribution >= 4 is 12.6 Å². The fourth-order valence-corrected chi connectivity index (χ4v) is 5.60. The Morgan fingerprint density at radius 3 is 1.17 bits per heavy atom. The van der Waals surface area contributed by atoms with E-state index in [1.54, 1.807) is 0 Å². The molecular weight excluding hydrogens is 312 g/mol. The van der Waals surface area contributed by atoms with Gasteiger partial charge in [0.05, 0.1) is 0 Å². The van der Waals surface area contributed by atoms with Gasteiger partial charge >= 0.3 is 0 Å². The molecule has 0 bridgehead atoms. The Bertz CT molecular complexity index is 446. The molecule has 0 aromatic rings. The van der Waals surface area contributed by atoms with Crippen molar-refractivity contribution in [3.05, 3.63) is 0 Å². The number of ether oxygens (including phenoxy) is 4. The number of hydrogen-bond acceptors (Lipinski definition) is 6. The number of hydrogen-bond donors (Lipinski definition) is 0. The lowest BCUT2D eigenvalue weighted by molar-refractivity contribution is -0.287. The number of rotatable bonds is 5. The first-order valence-corrected chi connectivity index (χ1v) is 9.18. The molecule has 4 fully saturated rings. The Hall–Kier alpha value is -0.820. The molecule has 4 aliphatic rings. The predicted molar refractivity (Wildman–Crippen MR) is 83.8 cm³/mol. The van der Waals surface area contributed by atoms with Gasteiger partial charge in [0.15, 0.2) is 23.8 Å². The van der Waals surface area contributed by atoms with E-state index in [0.29, 0.717) is 52.1 Å². The highest BCUT2D eigenvalue weighted by molar-refractivity contribution is 5.71. The first-order chi connectivity index (χ1) is 11.7. The smallest absolute Gasteiger partial charge is 0.155 e. The molecule has 4 saturated heterocycles. The van der Waals surface area contributed by atoms with Gasteiger partial charge in [-0.3, -0.25) is 0 Å². The van der Waals surface area contributed by atoms with Crippen molar-refractivity contribution in [3.8, 4) is 0 Å². The summed E-state index contributed by atoms with van der Waals surface area (Å²) in [5.74, 6) is 0. The Kier molecular flexibility index (Phi) is 4.07. The summed E-state index contributed by atoms with van der Waals surface area (Å²) in [6, 6.07) is 0. The van der Waals surface area contributed by atoms with Gasteiger partial charge in [-0.05, 0) is 51.4 Å². The van der Waals surface area contributed by atoms with E-state index in [1.807, 2.05) is 0 Å². The van der Waals surface area contributed by atoms with Crippen LogP contribution in [0.25, 0.3) is 0 Å². The molecule has 134 valence electrons. The molecule has 0 aliphatic carbocycles. The number of carbonyl (C=O) groups is 2. The van der Waals surface area contributed by atoms with Crippen molar-refractivity contribution in [2.24, 2.45) is 0 Å². The van der Waals surface area contributed by atoms with Gasteiger partial charge in [0.1, 0.15) is 11.2 Å². The van der Waals surface area contributed by atoms with E-state index in [-0.39, 0.29) is 0 Å². The topological polar surface area (TPSA) is 71.1 Å². The van der Waals surface area contributed by atoms with Crippen molar-refractivity contribution in [2.75, 3.05) is 26.4 Å². The summed E-state index contributed by atoms with van der Waals surface area (Å²) in [6.07, 6.45) is 7.63. The fourth-order valence-electron chi connectivity index (χ4n) is 5.60. The SMILES string of the molecule is O=C[C@@]1([C@]2([C@@]3([C@]4(C=O)CCCO4)CCCO3)CCCO2)CCCO1. The van der Waals surface area contributed by atoms with Gasteiger partial charge in [0.2, 0.25) is 0 Å². The molecule has 6 nitrogen and oxygen atoms in total. The van der Waals surface area contributed by atoms with Crippen LogP contribution in [0.15, 0.2) is 0 Å². The molecular formula is C18H26O6. The standard InChI is InChI=1S/C18H26O6/c19-13-15(5-1-9-21-15)17(7-3-11-23-17)18(8-4-12-24-18)16(14-20)6-2-10-22-16/h13-14H,1-12H2/t15-,16-,17+,18+/m1/s1. The van der Waals surface area contributed by atoms with Crippen LogP contribution in [0.1, 0.15) is 51.4 Å². The van der Waals surface area contributed by atoms with E-state index in [4.69, 9.17) is 18.9 Å². The number of carbonyl (C=O) groups excluding carboxylic acids is 2. The van der Waals surface area contributed by atoms with Gasteiger partial charge in [0, 0.05) is 26.4 Å². The van der Waals surface area contributed by atoms with Gasteiger partial charge in [-0.2, -0.15) is 0 Å². The van der Waals surface area contributed by atoms with E-state index in [2.05, 4.69) is 0 Å². The largest absolute Gasteiger partial charge is 0.368 e. The van der Waals surface area contributed by atoms with E-state index in [1.165, 1.54) is 0 Å². The van der Waals surface area contributed by atoms with Crippen molar-refractivity contribution in [3.63, 3.8) is 0 Å². The first kappa shape index (κ1) is 16.6. The Labute approximate surface area is 142 Å². The Morgan fingerprint density at radius 2 is 0.917 bits per heavy atom. The molecule has 0 saturated carbocycles. The zero-order valence-corrected chi connectivity index (χ0v) is 14.1. The van der Waals surface area contributed by atoms with Crippen LogP contribution in [0.3, 0.4) is 0 Å². The third-order valence-corrected chi connectivity index (χ3v) is 6.55. The summed E-state index contributed by atoms with van der Waals surface area (Å²) in [5.41, 5.74) is -3.98. The van der Waals surface area contributed by atoms with E-state index in [9.17, 15) is 9.59 Å². The maximum absolute atomic E-state index is 12.2. The fraction of sp³-hybridized carbons (Fsp3) is 0.889. The predicted octanol–water partition coefficient (Wildman–Crippen LogP) is 1.58. The zero-order chi connectivity index (χ0) is 16.7. The summed E-state index contributed by atoms with van der Waals surface area (Å²) >= 11 is 0. The summed E-state index contributed by atoms with van der Waals surface area (Å²) in [7, 11) is 0. The van der Waals surface area contributed by atoms with Crippen molar-refractivity contribution < 1.29 is 28.5 Å². The molecule has 0 amide bonds. The minimum absolute atomic E-state index is 0.537. The van der Waals surface area contributed by atoms with Gasteiger partial charge in [-0.1, -0.05) is 0 Å². The minimum Gasteiger partial charge on any atom is -0.368 e. The van der Waals surface area contributed by atoms with Crippen LogP contribution in [-0.4, -0.2) is 61.4 Å². The van der Waals surface area contributed by atoms with Crippen LogP contribution in [0.2, 0.25) is 0 Å². The van der Waals surface area contributed by atoms with E-state index >= 15 is 0 Å². The normalized spacial score (nSPS) is 48.8. The van der Waals surface area contributed by atoms with E-state index < -0.39 is 22.4 Å². The van der Waals surface area contributed by atoms with Crippen molar-refractivity contribution in [1.29, 1.82) is 0 Å². The second-order valence-corrected chi connectivity index (χ2v) is 7.48. The first-order valence-electron chi connectivity index (χ1n) is 9.18. The molecule has 4 aliphatic heterocycles. The molecule has 0 spiro atoms. The molecule has 0 radical (unpaired) electrons. The van der Waals surface area contributed by atoms with Gasteiger partial charge in [-0.15, -0.1) is 0 Å². The molecule has 4 rings (SSSR count). The van der Waals surface area contributed by atoms with Gasteiger partial charge in [-0.25, -0.2) is 0 Å². The molecule has 24 heavy (non-hydrogen) atoms. The van der Waals surface area contributed by atoms with Gasteiger partial charge in [0.25, 0.3) is 0 Å². The lowest BCUT2D eigenvalue weighted by Crippen LogP contribution is -2.76. The number of aldehydes is 2. The van der Waals surface area contributed by atoms with Crippen molar-refractivity contribution in [1.82, 2.24) is 0 Å². The zero-order valence-electron chi connectivity index (χ0n) is 14.1. The molecule has 4 atom stereocenters. The highest BCUT2D eigenvalue weighted by Gasteiger charge is 2.76. The quantitative estimate of drug-likeness (QED) is 0.709. The molecule has 0 aromatic carbocycles. The lowest BCUT2D eigenvalue weighted by Gasteiger charge is -2.56.